The van der Waals surface area contributed by atoms with Crippen molar-refractivity contribution >= 4 is 0 Å². The zero-order chi connectivity index (χ0) is 9.42. The highest BCUT2D eigenvalue weighted by Crippen LogP contribution is 2.47. The summed E-state index contributed by atoms with van der Waals surface area (Å²) in [5, 5.41) is 8.91. The van der Waals surface area contributed by atoms with Crippen LogP contribution in [0.3, 0.4) is 0 Å². The number of aliphatic hydroxyl groups excluding tert-OH is 1. The van der Waals surface area contributed by atoms with Crippen molar-refractivity contribution in [3.63, 3.8) is 0 Å². The topological polar surface area (TPSA) is 20.2 Å². The molecule has 1 fully saturated rings. The molecule has 13 heavy (non-hydrogen) atoms. The third kappa shape index (κ3) is 1.59. The molecule has 1 aromatic carbocycles. The van der Waals surface area contributed by atoms with E-state index < -0.39 is 0 Å². The summed E-state index contributed by atoms with van der Waals surface area (Å²) in [6, 6.07) is 4.89. The fourth-order valence-electron chi connectivity index (χ4n) is 1.89. The van der Waals surface area contributed by atoms with E-state index in [4.69, 9.17) is 5.11 Å². The van der Waals surface area contributed by atoms with Gasteiger partial charge < -0.3 is 5.11 Å². The van der Waals surface area contributed by atoms with Crippen molar-refractivity contribution in [1.29, 1.82) is 0 Å². The van der Waals surface area contributed by atoms with E-state index in [0.29, 0.717) is 11.8 Å². The molecule has 0 saturated heterocycles. The van der Waals surface area contributed by atoms with Crippen LogP contribution in [0.5, 0.6) is 0 Å². The summed E-state index contributed by atoms with van der Waals surface area (Å²) in [4.78, 5) is 0. The Hall–Kier alpha value is -0.890. The molecule has 1 aliphatic carbocycles. The highest BCUT2D eigenvalue weighted by Gasteiger charge is 2.38. The number of rotatable bonds is 2. The van der Waals surface area contributed by atoms with Crippen molar-refractivity contribution in [2.45, 2.75) is 19.3 Å². The lowest BCUT2D eigenvalue weighted by Gasteiger charge is -2.03. The van der Waals surface area contributed by atoms with Crippen LogP contribution < -0.4 is 0 Å². The Morgan fingerprint density at radius 3 is 2.85 bits per heavy atom. The SMILES string of the molecule is Cc1cc(F)ccc1[C@H]1C[C@H]1CO. The second-order valence-electron chi connectivity index (χ2n) is 3.79. The van der Waals surface area contributed by atoms with Gasteiger partial charge in [-0.3, -0.25) is 0 Å². The van der Waals surface area contributed by atoms with Gasteiger partial charge in [-0.15, -0.1) is 0 Å². The van der Waals surface area contributed by atoms with E-state index in [0.717, 1.165) is 12.0 Å². The molecule has 0 aromatic heterocycles. The van der Waals surface area contributed by atoms with Crippen molar-refractivity contribution in [3.05, 3.63) is 35.1 Å². The monoisotopic (exact) mass is 180 g/mol. The first kappa shape index (κ1) is 8.70. The number of benzene rings is 1. The Morgan fingerprint density at radius 1 is 1.54 bits per heavy atom. The molecule has 0 heterocycles. The number of hydrogen-bond donors (Lipinski definition) is 1. The molecule has 2 atom stereocenters. The summed E-state index contributed by atoms with van der Waals surface area (Å²) in [7, 11) is 0. The first-order chi connectivity index (χ1) is 6.22. The molecule has 0 radical (unpaired) electrons. The van der Waals surface area contributed by atoms with Gasteiger partial charge in [-0.2, -0.15) is 0 Å². The molecule has 1 aliphatic rings. The van der Waals surface area contributed by atoms with Gasteiger partial charge >= 0.3 is 0 Å². The van der Waals surface area contributed by atoms with Gasteiger partial charge in [-0.05, 0) is 48.4 Å². The van der Waals surface area contributed by atoms with E-state index in [1.165, 1.54) is 11.6 Å². The van der Waals surface area contributed by atoms with E-state index in [9.17, 15) is 4.39 Å². The van der Waals surface area contributed by atoms with Gasteiger partial charge in [0.1, 0.15) is 5.82 Å². The molecule has 70 valence electrons. The highest BCUT2D eigenvalue weighted by molar-refractivity contribution is 5.33. The molecule has 1 aromatic rings. The van der Waals surface area contributed by atoms with Gasteiger partial charge in [0, 0.05) is 6.61 Å². The van der Waals surface area contributed by atoms with Crippen molar-refractivity contribution in [2.24, 2.45) is 5.92 Å². The van der Waals surface area contributed by atoms with Crippen LogP contribution in [0, 0.1) is 18.7 Å². The van der Waals surface area contributed by atoms with E-state index in [1.807, 2.05) is 13.0 Å². The van der Waals surface area contributed by atoms with Crippen LogP contribution in [0.15, 0.2) is 18.2 Å². The number of halogens is 1. The van der Waals surface area contributed by atoms with Crippen molar-refractivity contribution < 1.29 is 9.50 Å². The summed E-state index contributed by atoms with van der Waals surface area (Å²) in [6.45, 7) is 2.17. The summed E-state index contributed by atoms with van der Waals surface area (Å²) < 4.78 is 12.8. The second-order valence-corrected chi connectivity index (χ2v) is 3.79. The van der Waals surface area contributed by atoms with E-state index in [-0.39, 0.29) is 12.4 Å². The molecule has 2 heteroatoms. The van der Waals surface area contributed by atoms with Gasteiger partial charge in [-0.25, -0.2) is 4.39 Å². The fraction of sp³-hybridized carbons (Fsp3) is 0.455. The minimum Gasteiger partial charge on any atom is -0.396 e. The maximum atomic E-state index is 12.8. The van der Waals surface area contributed by atoms with Gasteiger partial charge in [0.05, 0.1) is 0 Å². The van der Waals surface area contributed by atoms with Gasteiger partial charge in [0.25, 0.3) is 0 Å². The molecule has 1 N–H and O–H groups in total. The largest absolute Gasteiger partial charge is 0.396 e. The second kappa shape index (κ2) is 3.11. The van der Waals surface area contributed by atoms with Crippen LogP contribution in [0.4, 0.5) is 4.39 Å². The summed E-state index contributed by atoms with van der Waals surface area (Å²) in [5.74, 6) is 0.692. The molecule has 0 amide bonds. The molecule has 0 aliphatic heterocycles. The Balaban J connectivity index is 2.22. The summed E-state index contributed by atoms with van der Waals surface area (Å²) in [6.07, 6.45) is 1.04. The Kier molecular flexibility index (Phi) is 2.08. The Morgan fingerprint density at radius 2 is 2.31 bits per heavy atom. The number of hydrogen-bond acceptors (Lipinski definition) is 1. The average molecular weight is 180 g/mol. The van der Waals surface area contributed by atoms with Gasteiger partial charge in [0.2, 0.25) is 0 Å². The smallest absolute Gasteiger partial charge is 0.123 e. The van der Waals surface area contributed by atoms with Gasteiger partial charge in [-0.1, -0.05) is 6.07 Å². The predicted molar refractivity (Wildman–Crippen MR) is 49.1 cm³/mol. The Labute approximate surface area is 77.2 Å². The highest BCUT2D eigenvalue weighted by atomic mass is 19.1. The molecular weight excluding hydrogens is 167 g/mol. The maximum Gasteiger partial charge on any atom is 0.123 e. The van der Waals surface area contributed by atoms with E-state index in [2.05, 4.69) is 0 Å². The minimum absolute atomic E-state index is 0.178. The maximum absolute atomic E-state index is 12.8. The lowest BCUT2D eigenvalue weighted by molar-refractivity contribution is 0.274. The number of aryl methyl sites for hydroxylation is 1. The standard InChI is InChI=1S/C11H13FO/c1-7-4-9(12)2-3-10(7)11-5-8(11)6-13/h2-4,8,11,13H,5-6H2,1H3/t8-,11-/m0/s1. The average Bonchev–Trinajstić information content (AvgIpc) is 2.83. The molecule has 1 nitrogen and oxygen atoms in total. The molecule has 0 spiro atoms. The van der Waals surface area contributed by atoms with Crippen LogP contribution in [0.2, 0.25) is 0 Å². The van der Waals surface area contributed by atoms with Crippen LogP contribution in [-0.4, -0.2) is 11.7 Å². The van der Waals surface area contributed by atoms with Gasteiger partial charge in [0.15, 0.2) is 0 Å². The first-order valence-electron chi connectivity index (χ1n) is 4.59. The van der Waals surface area contributed by atoms with E-state index in [1.54, 1.807) is 6.07 Å². The van der Waals surface area contributed by atoms with Crippen molar-refractivity contribution in [3.8, 4) is 0 Å². The van der Waals surface area contributed by atoms with Crippen molar-refractivity contribution in [2.75, 3.05) is 6.61 Å². The molecule has 2 rings (SSSR count). The molecule has 0 unspecified atom stereocenters. The molecular formula is C11H13FO. The lowest BCUT2D eigenvalue weighted by atomic mass is 10.0. The van der Waals surface area contributed by atoms with Crippen LogP contribution in [-0.2, 0) is 0 Å². The zero-order valence-corrected chi connectivity index (χ0v) is 7.63. The molecule has 1 saturated carbocycles. The van der Waals surface area contributed by atoms with Crippen molar-refractivity contribution in [1.82, 2.24) is 0 Å². The van der Waals surface area contributed by atoms with Crippen LogP contribution in [0.1, 0.15) is 23.5 Å². The summed E-state index contributed by atoms with van der Waals surface area (Å²) >= 11 is 0. The van der Waals surface area contributed by atoms with Crippen LogP contribution in [0.25, 0.3) is 0 Å². The normalized spacial score (nSPS) is 26.1. The quantitative estimate of drug-likeness (QED) is 0.740. The van der Waals surface area contributed by atoms with E-state index >= 15 is 0 Å². The third-order valence-corrected chi connectivity index (χ3v) is 2.79. The summed E-state index contributed by atoms with van der Waals surface area (Å²) in [5.41, 5.74) is 2.20. The lowest BCUT2D eigenvalue weighted by Crippen LogP contribution is -1.92. The first-order valence-corrected chi connectivity index (χ1v) is 4.59. The number of aliphatic hydroxyl groups is 1. The third-order valence-electron chi connectivity index (χ3n) is 2.79. The molecule has 0 bridgehead atoms. The zero-order valence-electron chi connectivity index (χ0n) is 7.63. The predicted octanol–water partition coefficient (Wildman–Crippen LogP) is 2.23. The van der Waals surface area contributed by atoms with Crippen LogP contribution >= 0.6 is 0 Å². The minimum atomic E-state index is -0.178. The Bertz CT molecular complexity index is 322. The fourth-order valence-corrected chi connectivity index (χ4v) is 1.89.